The van der Waals surface area contributed by atoms with Crippen LogP contribution in [0.3, 0.4) is 0 Å². The van der Waals surface area contributed by atoms with Gasteiger partial charge in [-0.2, -0.15) is 0 Å². The van der Waals surface area contributed by atoms with Gasteiger partial charge in [0, 0.05) is 6.61 Å². The third-order valence-electron chi connectivity index (χ3n) is 2.92. The summed E-state index contributed by atoms with van der Waals surface area (Å²) in [6.07, 6.45) is 2.60. The Morgan fingerprint density at radius 3 is 2.62 bits per heavy atom. The predicted molar refractivity (Wildman–Crippen MR) is 82.6 cm³/mol. The molecule has 1 aromatic carbocycles. The van der Waals surface area contributed by atoms with Gasteiger partial charge in [-0.15, -0.1) is 0 Å². The van der Waals surface area contributed by atoms with Crippen molar-refractivity contribution in [2.45, 2.75) is 23.1 Å². The van der Waals surface area contributed by atoms with Crippen LogP contribution in [-0.4, -0.2) is 25.1 Å². The van der Waals surface area contributed by atoms with Crippen molar-refractivity contribution in [1.29, 1.82) is 0 Å². The van der Waals surface area contributed by atoms with Crippen LogP contribution in [0.15, 0.2) is 40.7 Å². The quantitative estimate of drug-likeness (QED) is 0.718. The predicted octanol–water partition coefficient (Wildman–Crippen LogP) is 1.72. The van der Waals surface area contributed by atoms with Crippen molar-refractivity contribution in [2.75, 3.05) is 11.9 Å². The molecule has 114 valence electrons. The third kappa shape index (κ3) is 4.50. The van der Waals surface area contributed by atoms with Crippen LogP contribution in [0.25, 0.3) is 0 Å². The molecule has 0 radical (unpaired) electrons. The number of aliphatic hydroxyl groups excluding tert-OH is 1. The minimum atomic E-state index is -3.72. The Labute approximate surface area is 127 Å². The highest BCUT2D eigenvalue weighted by molar-refractivity contribution is 7.91. The number of hydrogen-bond acceptors (Lipinski definition) is 6. The molecule has 0 bridgehead atoms. The second kappa shape index (κ2) is 6.99. The number of nitrogens with zero attached hydrogens (tertiary/aromatic N) is 1. The van der Waals surface area contributed by atoms with E-state index in [9.17, 15) is 8.42 Å². The van der Waals surface area contributed by atoms with Crippen molar-refractivity contribution in [3.63, 3.8) is 0 Å². The van der Waals surface area contributed by atoms with Gasteiger partial charge < -0.3 is 10.4 Å². The molecule has 0 fully saturated rings. The number of nitrogens with two attached hydrogens (primary N) is 1. The molecule has 6 nitrogen and oxygen atoms in total. The molecule has 4 N–H and O–H groups in total. The van der Waals surface area contributed by atoms with Crippen molar-refractivity contribution < 1.29 is 13.5 Å². The summed E-state index contributed by atoms with van der Waals surface area (Å²) in [4.78, 5) is 4.04. The highest BCUT2D eigenvalue weighted by Gasteiger charge is 2.16. The number of thiazole rings is 1. The fourth-order valence-corrected chi connectivity index (χ4v) is 3.41. The highest BCUT2D eigenvalue weighted by atomic mass is 32.2. The topological polar surface area (TPSA) is 105 Å². The minimum absolute atomic E-state index is 0.0268. The maximum atomic E-state index is 11.3. The summed E-state index contributed by atoms with van der Waals surface area (Å²) in [6.45, 7) is 0.102. The summed E-state index contributed by atoms with van der Waals surface area (Å²) in [7, 11) is -3.72. The number of hydrogen-bond donors (Lipinski definition) is 3. The van der Waals surface area contributed by atoms with Gasteiger partial charge in [-0.05, 0) is 18.4 Å². The Morgan fingerprint density at radius 1 is 1.33 bits per heavy atom. The fraction of sp³-hybridized carbons (Fsp3) is 0.308. The van der Waals surface area contributed by atoms with Crippen LogP contribution in [0.4, 0.5) is 5.13 Å². The zero-order valence-corrected chi connectivity index (χ0v) is 12.9. The molecule has 1 heterocycles. The van der Waals surface area contributed by atoms with E-state index in [1.165, 1.54) is 6.20 Å². The zero-order chi connectivity index (χ0) is 15.3. The van der Waals surface area contributed by atoms with Gasteiger partial charge >= 0.3 is 0 Å². The standard InChI is InChI=1S/C13H17N3O3S2/c14-21(18,19)12-9-15-13(20-12)16-11(7-4-8-17)10-5-2-1-3-6-10/h1-3,5-6,9,11,17H,4,7-8H2,(H,15,16)(H2,14,18,19). The van der Waals surface area contributed by atoms with Crippen LogP contribution in [0.2, 0.25) is 0 Å². The Balaban J connectivity index is 2.17. The molecular weight excluding hydrogens is 310 g/mol. The van der Waals surface area contributed by atoms with Gasteiger partial charge in [0.2, 0.25) is 10.0 Å². The van der Waals surface area contributed by atoms with Gasteiger partial charge in [-0.25, -0.2) is 18.5 Å². The molecule has 0 saturated carbocycles. The first kappa shape index (κ1) is 15.9. The molecule has 21 heavy (non-hydrogen) atoms. The molecular formula is C13H17N3O3S2. The van der Waals surface area contributed by atoms with Gasteiger partial charge in [-0.1, -0.05) is 41.7 Å². The van der Waals surface area contributed by atoms with E-state index >= 15 is 0 Å². The molecule has 1 atom stereocenters. The molecule has 2 aromatic rings. The van der Waals surface area contributed by atoms with E-state index in [2.05, 4.69) is 10.3 Å². The summed E-state index contributed by atoms with van der Waals surface area (Å²) in [5.74, 6) is 0. The van der Waals surface area contributed by atoms with Crippen LogP contribution < -0.4 is 10.5 Å². The maximum Gasteiger partial charge on any atom is 0.249 e. The van der Waals surface area contributed by atoms with Gasteiger partial charge in [0.05, 0.1) is 12.2 Å². The summed E-state index contributed by atoms with van der Waals surface area (Å²) in [6, 6.07) is 9.70. The van der Waals surface area contributed by atoms with Gasteiger partial charge in [0.25, 0.3) is 0 Å². The summed E-state index contributed by atoms with van der Waals surface area (Å²) < 4.78 is 22.5. The summed E-state index contributed by atoms with van der Waals surface area (Å²) in [5.41, 5.74) is 1.05. The lowest BCUT2D eigenvalue weighted by atomic mass is 10.0. The first-order valence-corrected chi connectivity index (χ1v) is 8.78. The van der Waals surface area contributed by atoms with Crippen LogP contribution in [-0.2, 0) is 10.0 Å². The van der Waals surface area contributed by atoms with Crippen LogP contribution in [0.1, 0.15) is 24.4 Å². The zero-order valence-electron chi connectivity index (χ0n) is 11.3. The maximum absolute atomic E-state index is 11.3. The molecule has 0 aliphatic heterocycles. The minimum Gasteiger partial charge on any atom is -0.396 e. The van der Waals surface area contributed by atoms with E-state index < -0.39 is 10.0 Å². The summed E-state index contributed by atoms with van der Waals surface area (Å²) in [5, 5.41) is 17.8. The molecule has 0 saturated heterocycles. The van der Waals surface area contributed by atoms with Crippen LogP contribution in [0, 0.1) is 0 Å². The van der Waals surface area contributed by atoms with E-state index in [-0.39, 0.29) is 16.9 Å². The lowest BCUT2D eigenvalue weighted by Gasteiger charge is -2.18. The van der Waals surface area contributed by atoms with E-state index in [0.717, 1.165) is 16.9 Å². The third-order valence-corrected chi connectivity index (χ3v) is 5.25. The van der Waals surface area contributed by atoms with E-state index in [0.29, 0.717) is 18.0 Å². The van der Waals surface area contributed by atoms with Gasteiger partial charge in [0.15, 0.2) is 9.34 Å². The van der Waals surface area contributed by atoms with Crippen molar-refractivity contribution in [2.24, 2.45) is 5.14 Å². The van der Waals surface area contributed by atoms with Crippen molar-refractivity contribution >= 4 is 26.5 Å². The average molecular weight is 327 g/mol. The number of primary sulfonamides is 1. The SMILES string of the molecule is NS(=O)(=O)c1cnc(NC(CCCO)c2ccccc2)s1. The van der Waals surface area contributed by atoms with Crippen molar-refractivity contribution in [3.8, 4) is 0 Å². The first-order chi connectivity index (χ1) is 10.0. The molecule has 0 aliphatic carbocycles. The Kier molecular flexibility index (Phi) is 5.29. The molecule has 8 heteroatoms. The lowest BCUT2D eigenvalue weighted by molar-refractivity contribution is 0.281. The van der Waals surface area contributed by atoms with Crippen LogP contribution >= 0.6 is 11.3 Å². The molecule has 0 aliphatic rings. The first-order valence-electron chi connectivity index (χ1n) is 6.41. The molecule has 0 amide bonds. The summed E-state index contributed by atoms with van der Waals surface area (Å²) >= 11 is 0.999. The Bertz CT molecular complexity index is 671. The second-order valence-electron chi connectivity index (χ2n) is 4.50. The monoisotopic (exact) mass is 327 g/mol. The number of sulfonamides is 1. The van der Waals surface area contributed by atoms with E-state index in [1.54, 1.807) is 0 Å². The second-order valence-corrected chi connectivity index (χ2v) is 7.32. The molecule has 0 spiro atoms. The Hall–Kier alpha value is -1.48. The van der Waals surface area contributed by atoms with Gasteiger partial charge in [0.1, 0.15) is 0 Å². The van der Waals surface area contributed by atoms with Gasteiger partial charge in [-0.3, -0.25) is 0 Å². The molecule has 2 rings (SSSR count). The number of anilines is 1. The number of aromatic nitrogens is 1. The average Bonchev–Trinajstić information content (AvgIpc) is 2.93. The fourth-order valence-electron chi connectivity index (χ4n) is 1.91. The number of rotatable bonds is 7. The number of nitrogens with one attached hydrogen (secondary N) is 1. The van der Waals surface area contributed by atoms with Crippen molar-refractivity contribution in [3.05, 3.63) is 42.1 Å². The Morgan fingerprint density at radius 2 is 2.05 bits per heavy atom. The number of benzene rings is 1. The van der Waals surface area contributed by atoms with Crippen molar-refractivity contribution in [1.82, 2.24) is 4.98 Å². The normalized spacial score (nSPS) is 13.0. The van der Waals surface area contributed by atoms with E-state index in [1.807, 2.05) is 30.3 Å². The lowest BCUT2D eigenvalue weighted by Crippen LogP contribution is -2.11. The number of aliphatic hydroxyl groups is 1. The largest absolute Gasteiger partial charge is 0.396 e. The molecule has 1 unspecified atom stereocenters. The van der Waals surface area contributed by atoms with Crippen LogP contribution in [0.5, 0.6) is 0 Å². The smallest absolute Gasteiger partial charge is 0.249 e. The van der Waals surface area contributed by atoms with E-state index in [4.69, 9.17) is 10.2 Å². The highest BCUT2D eigenvalue weighted by Crippen LogP contribution is 2.28. The molecule has 1 aromatic heterocycles.